The normalized spacial score (nSPS) is 20.8. The van der Waals surface area contributed by atoms with Crippen molar-refractivity contribution >= 4 is 11.8 Å². The summed E-state index contributed by atoms with van der Waals surface area (Å²) in [5.41, 5.74) is 0.888. The summed E-state index contributed by atoms with van der Waals surface area (Å²) in [7, 11) is 0. The molecule has 0 saturated carbocycles. The van der Waals surface area contributed by atoms with Crippen LogP contribution in [0.1, 0.15) is 37.7 Å². The number of halogens is 1. The van der Waals surface area contributed by atoms with Crippen LogP contribution in [0.5, 0.6) is 0 Å². The summed E-state index contributed by atoms with van der Waals surface area (Å²) in [6.07, 6.45) is 3.73. The number of rotatable bonds is 7. The molecule has 28 heavy (non-hydrogen) atoms. The lowest BCUT2D eigenvalue weighted by Gasteiger charge is -2.33. The maximum atomic E-state index is 12.9. The summed E-state index contributed by atoms with van der Waals surface area (Å²) >= 11 is 0. The third-order valence-corrected chi connectivity index (χ3v) is 5.57. The molecule has 3 rings (SSSR count). The Kier molecular flexibility index (Phi) is 7.80. The fraction of sp³-hybridized carbons (Fsp3) is 0.619. The summed E-state index contributed by atoms with van der Waals surface area (Å²) in [5.74, 6) is 0.421. The van der Waals surface area contributed by atoms with E-state index in [-0.39, 0.29) is 23.7 Å². The van der Waals surface area contributed by atoms with Gasteiger partial charge in [-0.05, 0) is 42.9 Å². The first-order chi connectivity index (χ1) is 13.6. The third kappa shape index (κ3) is 6.56. The number of piperidine rings is 1. The van der Waals surface area contributed by atoms with E-state index in [2.05, 4.69) is 10.6 Å². The first-order valence-corrected chi connectivity index (χ1v) is 10.2. The molecule has 6 nitrogen and oxygen atoms in total. The number of benzene rings is 1. The Hall–Kier alpha value is -1.99. The van der Waals surface area contributed by atoms with Crippen LogP contribution < -0.4 is 10.6 Å². The van der Waals surface area contributed by atoms with E-state index in [1.807, 2.05) is 4.90 Å². The zero-order valence-corrected chi connectivity index (χ0v) is 16.3. The predicted molar refractivity (Wildman–Crippen MR) is 104 cm³/mol. The Morgan fingerprint density at radius 3 is 2.64 bits per heavy atom. The number of morpholine rings is 1. The molecule has 1 aromatic carbocycles. The molecular formula is C21H30FN3O3. The van der Waals surface area contributed by atoms with E-state index in [0.29, 0.717) is 38.5 Å². The molecule has 154 valence electrons. The molecule has 0 spiro atoms. The Balaban J connectivity index is 1.30. The maximum absolute atomic E-state index is 12.9. The van der Waals surface area contributed by atoms with E-state index in [9.17, 15) is 14.0 Å². The van der Waals surface area contributed by atoms with Crippen LogP contribution in [0.2, 0.25) is 0 Å². The standard InChI is InChI=1S/C21H30FN3O3/c22-18-4-1-17(2-5-18)14-24-20(26)6-3-16-7-10-25(11-8-16)21(27)13-19-15-28-12-9-23-19/h1-2,4-5,16,19,23H,3,6-15H2,(H,24,26)/t19-/m1/s1. The van der Waals surface area contributed by atoms with Gasteiger partial charge < -0.3 is 20.3 Å². The van der Waals surface area contributed by atoms with Crippen molar-refractivity contribution in [1.29, 1.82) is 0 Å². The highest BCUT2D eigenvalue weighted by Gasteiger charge is 2.25. The minimum absolute atomic E-state index is 0.0196. The van der Waals surface area contributed by atoms with Crippen LogP contribution in [0.3, 0.4) is 0 Å². The second-order valence-electron chi connectivity index (χ2n) is 7.70. The average molecular weight is 391 g/mol. The number of likely N-dealkylation sites (tertiary alicyclic amines) is 1. The van der Waals surface area contributed by atoms with Gasteiger partial charge in [0.05, 0.1) is 13.2 Å². The number of ether oxygens (including phenoxy) is 1. The number of nitrogens with zero attached hydrogens (tertiary/aromatic N) is 1. The topological polar surface area (TPSA) is 70.7 Å². The summed E-state index contributed by atoms with van der Waals surface area (Å²) in [6.45, 7) is 4.10. The largest absolute Gasteiger partial charge is 0.378 e. The minimum Gasteiger partial charge on any atom is -0.378 e. The molecule has 0 unspecified atom stereocenters. The average Bonchev–Trinajstić information content (AvgIpc) is 2.73. The molecule has 2 N–H and O–H groups in total. The Morgan fingerprint density at radius 2 is 1.96 bits per heavy atom. The summed E-state index contributed by atoms with van der Waals surface area (Å²) in [6, 6.07) is 6.28. The number of hydrogen-bond donors (Lipinski definition) is 2. The van der Waals surface area contributed by atoms with Crippen molar-refractivity contribution in [2.45, 2.75) is 44.7 Å². The van der Waals surface area contributed by atoms with Crippen molar-refractivity contribution in [3.8, 4) is 0 Å². The molecule has 2 aliphatic rings. The molecule has 1 aromatic rings. The van der Waals surface area contributed by atoms with Crippen molar-refractivity contribution in [2.24, 2.45) is 5.92 Å². The molecule has 0 aliphatic carbocycles. The summed E-state index contributed by atoms with van der Waals surface area (Å²) < 4.78 is 18.3. The van der Waals surface area contributed by atoms with Gasteiger partial charge in [-0.15, -0.1) is 0 Å². The van der Waals surface area contributed by atoms with Gasteiger partial charge in [0, 0.05) is 45.1 Å². The van der Waals surface area contributed by atoms with Crippen molar-refractivity contribution in [3.05, 3.63) is 35.6 Å². The van der Waals surface area contributed by atoms with Crippen LogP contribution in [-0.2, 0) is 20.9 Å². The van der Waals surface area contributed by atoms with Gasteiger partial charge in [-0.25, -0.2) is 4.39 Å². The molecule has 0 aromatic heterocycles. The lowest BCUT2D eigenvalue weighted by atomic mass is 9.91. The summed E-state index contributed by atoms with van der Waals surface area (Å²) in [5, 5.41) is 6.21. The smallest absolute Gasteiger partial charge is 0.224 e. The van der Waals surface area contributed by atoms with E-state index in [1.54, 1.807) is 12.1 Å². The van der Waals surface area contributed by atoms with Gasteiger partial charge in [-0.1, -0.05) is 12.1 Å². The van der Waals surface area contributed by atoms with Crippen LogP contribution >= 0.6 is 0 Å². The lowest BCUT2D eigenvalue weighted by Crippen LogP contribution is -2.46. The van der Waals surface area contributed by atoms with E-state index in [0.717, 1.165) is 44.5 Å². The van der Waals surface area contributed by atoms with Crippen LogP contribution in [0.4, 0.5) is 4.39 Å². The fourth-order valence-corrected chi connectivity index (χ4v) is 3.79. The monoisotopic (exact) mass is 391 g/mol. The molecule has 7 heteroatoms. The second-order valence-corrected chi connectivity index (χ2v) is 7.70. The maximum Gasteiger partial charge on any atom is 0.224 e. The SMILES string of the molecule is O=C(CCC1CCN(C(=O)C[C@@H]2COCCN2)CC1)NCc1ccc(F)cc1. The van der Waals surface area contributed by atoms with E-state index in [1.165, 1.54) is 12.1 Å². The summed E-state index contributed by atoms with van der Waals surface area (Å²) in [4.78, 5) is 26.4. The highest BCUT2D eigenvalue weighted by Crippen LogP contribution is 2.22. The lowest BCUT2D eigenvalue weighted by molar-refractivity contribution is -0.134. The van der Waals surface area contributed by atoms with Gasteiger partial charge >= 0.3 is 0 Å². The van der Waals surface area contributed by atoms with E-state index in [4.69, 9.17) is 4.74 Å². The quantitative estimate of drug-likeness (QED) is 0.744. The van der Waals surface area contributed by atoms with Crippen LogP contribution in [0, 0.1) is 11.7 Å². The number of amides is 2. The predicted octanol–water partition coefficient (Wildman–Crippen LogP) is 1.84. The highest BCUT2D eigenvalue weighted by molar-refractivity contribution is 5.77. The zero-order valence-electron chi connectivity index (χ0n) is 16.3. The molecule has 2 aliphatic heterocycles. The van der Waals surface area contributed by atoms with Crippen LogP contribution in [0.25, 0.3) is 0 Å². The van der Waals surface area contributed by atoms with Crippen molar-refractivity contribution in [2.75, 3.05) is 32.8 Å². The molecule has 2 fully saturated rings. The van der Waals surface area contributed by atoms with Crippen molar-refractivity contribution in [1.82, 2.24) is 15.5 Å². The molecule has 2 amide bonds. The van der Waals surface area contributed by atoms with Crippen molar-refractivity contribution < 1.29 is 18.7 Å². The highest BCUT2D eigenvalue weighted by atomic mass is 19.1. The molecule has 1 atom stereocenters. The second kappa shape index (κ2) is 10.5. The number of carbonyl (C=O) groups excluding carboxylic acids is 2. The number of hydrogen-bond acceptors (Lipinski definition) is 4. The Bertz CT molecular complexity index is 639. The Labute approximate surface area is 165 Å². The van der Waals surface area contributed by atoms with Gasteiger partial charge in [0.2, 0.25) is 11.8 Å². The van der Waals surface area contributed by atoms with Gasteiger partial charge in [-0.3, -0.25) is 9.59 Å². The van der Waals surface area contributed by atoms with Crippen LogP contribution in [0.15, 0.2) is 24.3 Å². The van der Waals surface area contributed by atoms with Gasteiger partial charge in [0.25, 0.3) is 0 Å². The number of nitrogens with one attached hydrogen (secondary N) is 2. The van der Waals surface area contributed by atoms with E-state index >= 15 is 0 Å². The minimum atomic E-state index is -0.275. The van der Waals surface area contributed by atoms with E-state index < -0.39 is 0 Å². The molecular weight excluding hydrogens is 361 g/mol. The first-order valence-electron chi connectivity index (χ1n) is 10.2. The van der Waals surface area contributed by atoms with Gasteiger partial charge in [0.15, 0.2) is 0 Å². The third-order valence-electron chi connectivity index (χ3n) is 5.57. The van der Waals surface area contributed by atoms with Crippen LogP contribution in [-0.4, -0.2) is 55.6 Å². The molecule has 2 saturated heterocycles. The first kappa shape index (κ1) is 20.7. The Morgan fingerprint density at radius 1 is 1.21 bits per heavy atom. The van der Waals surface area contributed by atoms with Gasteiger partial charge in [0.1, 0.15) is 5.82 Å². The molecule has 0 bridgehead atoms. The van der Waals surface area contributed by atoms with Gasteiger partial charge in [-0.2, -0.15) is 0 Å². The molecule has 0 radical (unpaired) electrons. The molecule has 2 heterocycles. The van der Waals surface area contributed by atoms with Crippen molar-refractivity contribution in [3.63, 3.8) is 0 Å². The fourth-order valence-electron chi connectivity index (χ4n) is 3.79. The zero-order chi connectivity index (χ0) is 19.8. The number of carbonyl (C=O) groups is 2.